The predicted molar refractivity (Wildman–Crippen MR) is 65.3 cm³/mol. The standard InChI is InChI=1S/C14H19NO/c1-2-9-15-14(16)13-8-7-11-5-3-4-6-12(11)10-13/h3-6,13H,2,7-10H2,1H3,(H,15,16). The van der Waals surface area contributed by atoms with Crippen molar-refractivity contribution in [1.29, 1.82) is 0 Å². The van der Waals surface area contributed by atoms with Crippen LogP contribution in [0.1, 0.15) is 30.9 Å². The van der Waals surface area contributed by atoms with Gasteiger partial charge in [-0.1, -0.05) is 31.2 Å². The number of hydrogen-bond donors (Lipinski definition) is 1. The van der Waals surface area contributed by atoms with Crippen LogP contribution in [0.2, 0.25) is 0 Å². The van der Waals surface area contributed by atoms with Crippen molar-refractivity contribution in [1.82, 2.24) is 5.32 Å². The Bertz CT molecular complexity index is 373. The van der Waals surface area contributed by atoms with Crippen molar-refractivity contribution >= 4 is 5.91 Å². The minimum Gasteiger partial charge on any atom is -0.356 e. The monoisotopic (exact) mass is 217 g/mol. The molecule has 1 aliphatic rings. The predicted octanol–water partition coefficient (Wildman–Crippen LogP) is 2.32. The molecule has 1 aliphatic carbocycles. The molecule has 0 spiro atoms. The highest BCUT2D eigenvalue weighted by molar-refractivity contribution is 5.79. The highest BCUT2D eigenvalue weighted by Crippen LogP contribution is 2.25. The van der Waals surface area contributed by atoms with Gasteiger partial charge in [-0.05, 0) is 36.8 Å². The Labute approximate surface area is 97.1 Å². The minimum atomic E-state index is 0.182. The van der Waals surface area contributed by atoms with Gasteiger partial charge in [0.1, 0.15) is 0 Å². The summed E-state index contributed by atoms with van der Waals surface area (Å²) >= 11 is 0. The molecule has 1 N–H and O–H groups in total. The normalized spacial score (nSPS) is 18.9. The van der Waals surface area contributed by atoms with Crippen LogP contribution in [0.15, 0.2) is 24.3 Å². The fourth-order valence-electron chi connectivity index (χ4n) is 2.31. The molecule has 0 heterocycles. The number of benzene rings is 1. The smallest absolute Gasteiger partial charge is 0.223 e. The number of fused-ring (bicyclic) bond motifs is 1. The molecule has 1 atom stereocenters. The van der Waals surface area contributed by atoms with Crippen LogP contribution in [0, 0.1) is 5.92 Å². The Kier molecular flexibility index (Phi) is 3.60. The van der Waals surface area contributed by atoms with E-state index in [9.17, 15) is 4.79 Å². The number of aryl methyl sites for hydroxylation is 1. The van der Waals surface area contributed by atoms with Crippen LogP contribution in [0.5, 0.6) is 0 Å². The zero-order valence-electron chi connectivity index (χ0n) is 9.83. The topological polar surface area (TPSA) is 29.1 Å². The van der Waals surface area contributed by atoms with Crippen LogP contribution < -0.4 is 5.32 Å². The van der Waals surface area contributed by atoms with Crippen LogP contribution in [-0.2, 0) is 17.6 Å². The molecule has 1 aromatic rings. The molecule has 2 rings (SSSR count). The van der Waals surface area contributed by atoms with E-state index in [0.29, 0.717) is 0 Å². The number of amides is 1. The van der Waals surface area contributed by atoms with Crippen molar-refractivity contribution in [2.75, 3.05) is 6.54 Å². The molecular weight excluding hydrogens is 198 g/mol. The Morgan fingerprint density at radius 1 is 1.38 bits per heavy atom. The lowest BCUT2D eigenvalue weighted by atomic mass is 9.83. The van der Waals surface area contributed by atoms with E-state index in [1.54, 1.807) is 0 Å². The fourth-order valence-corrected chi connectivity index (χ4v) is 2.31. The summed E-state index contributed by atoms with van der Waals surface area (Å²) < 4.78 is 0. The van der Waals surface area contributed by atoms with Gasteiger partial charge >= 0.3 is 0 Å². The van der Waals surface area contributed by atoms with Gasteiger partial charge in [0.2, 0.25) is 5.91 Å². The van der Waals surface area contributed by atoms with Gasteiger partial charge in [-0.25, -0.2) is 0 Å². The summed E-state index contributed by atoms with van der Waals surface area (Å²) in [7, 11) is 0. The largest absolute Gasteiger partial charge is 0.356 e. The molecule has 2 heteroatoms. The van der Waals surface area contributed by atoms with E-state index >= 15 is 0 Å². The Balaban J connectivity index is 1.99. The second-order valence-electron chi connectivity index (χ2n) is 4.50. The molecule has 0 saturated heterocycles. The summed E-state index contributed by atoms with van der Waals surface area (Å²) in [6, 6.07) is 8.46. The lowest BCUT2D eigenvalue weighted by Crippen LogP contribution is -2.34. The molecule has 0 aliphatic heterocycles. The second-order valence-corrected chi connectivity index (χ2v) is 4.50. The molecule has 16 heavy (non-hydrogen) atoms. The van der Waals surface area contributed by atoms with Crippen molar-refractivity contribution in [3.63, 3.8) is 0 Å². The summed E-state index contributed by atoms with van der Waals surface area (Å²) in [5.74, 6) is 0.415. The van der Waals surface area contributed by atoms with Gasteiger partial charge in [-0.15, -0.1) is 0 Å². The molecule has 86 valence electrons. The van der Waals surface area contributed by atoms with Gasteiger partial charge in [0.15, 0.2) is 0 Å². The highest BCUT2D eigenvalue weighted by atomic mass is 16.1. The first kappa shape index (κ1) is 11.2. The molecular formula is C14H19NO. The van der Waals surface area contributed by atoms with Crippen LogP contribution in [-0.4, -0.2) is 12.5 Å². The van der Waals surface area contributed by atoms with Gasteiger partial charge in [0.25, 0.3) is 0 Å². The van der Waals surface area contributed by atoms with E-state index < -0.39 is 0 Å². The summed E-state index contributed by atoms with van der Waals surface area (Å²) in [6.45, 7) is 2.88. The SMILES string of the molecule is CCCNC(=O)C1CCc2ccccc2C1. The molecule has 2 nitrogen and oxygen atoms in total. The number of nitrogens with one attached hydrogen (secondary N) is 1. The minimum absolute atomic E-state index is 0.182. The molecule has 0 bridgehead atoms. The van der Waals surface area contributed by atoms with E-state index in [-0.39, 0.29) is 11.8 Å². The Morgan fingerprint density at radius 2 is 2.12 bits per heavy atom. The second kappa shape index (κ2) is 5.15. The molecule has 1 amide bonds. The molecule has 1 unspecified atom stereocenters. The first-order chi connectivity index (χ1) is 7.81. The fraction of sp³-hybridized carbons (Fsp3) is 0.500. The maximum Gasteiger partial charge on any atom is 0.223 e. The van der Waals surface area contributed by atoms with Gasteiger partial charge in [-0.2, -0.15) is 0 Å². The molecule has 0 aromatic heterocycles. The van der Waals surface area contributed by atoms with Crippen molar-refractivity contribution in [3.05, 3.63) is 35.4 Å². The van der Waals surface area contributed by atoms with Crippen molar-refractivity contribution < 1.29 is 4.79 Å². The quantitative estimate of drug-likeness (QED) is 0.827. The van der Waals surface area contributed by atoms with Crippen LogP contribution >= 0.6 is 0 Å². The molecule has 1 aromatic carbocycles. The van der Waals surface area contributed by atoms with Crippen LogP contribution in [0.25, 0.3) is 0 Å². The summed E-state index contributed by atoms with van der Waals surface area (Å²) in [5, 5.41) is 2.99. The van der Waals surface area contributed by atoms with Crippen LogP contribution in [0.4, 0.5) is 0 Å². The summed E-state index contributed by atoms with van der Waals surface area (Å²) in [4.78, 5) is 11.9. The van der Waals surface area contributed by atoms with E-state index in [0.717, 1.165) is 32.2 Å². The highest BCUT2D eigenvalue weighted by Gasteiger charge is 2.23. The zero-order chi connectivity index (χ0) is 11.4. The zero-order valence-corrected chi connectivity index (χ0v) is 9.83. The number of rotatable bonds is 3. The van der Waals surface area contributed by atoms with E-state index in [1.807, 2.05) is 0 Å². The average molecular weight is 217 g/mol. The van der Waals surface area contributed by atoms with E-state index in [1.165, 1.54) is 11.1 Å². The van der Waals surface area contributed by atoms with Gasteiger partial charge < -0.3 is 5.32 Å². The number of hydrogen-bond acceptors (Lipinski definition) is 1. The van der Waals surface area contributed by atoms with Gasteiger partial charge in [0.05, 0.1) is 0 Å². The first-order valence-corrected chi connectivity index (χ1v) is 6.15. The van der Waals surface area contributed by atoms with Gasteiger partial charge in [0, 0.05) is 12.5 Å². The lowest BCUT2D eigenvalue weighted by molar-refractivity contribution is -0.125. The third-order valence-corrected chi connectivity index (χ3v) is 3.27. The number of carbonyl (C=O) groups is 1. The summed E-state index contributed by atoms with van der Waals surface area (Å²) in [5.41, 5.74) is 2.77. The first-order valence-electron chi connectivity index (χ1n) is 6.15. The summed E-state index contributed by atoms with van der Waals surface area (Å²) in [6.07, 6.45) is 3.95. The molecule has 0 fully saturated rings. The maximum atomic E-state index is 11.9. The maximum absolute atomic E-state index is 11.9. The Hall–Kier alpha value is -1.31. The third-order valence-electron chi connectivity index (χ3n) is 3.27. The van der Waals surface area contributed by atoms with E-state index in [2.05, 4.69) is 36.5 Å². The van der Waals surface area contributed by atoms with Crippen molar-refractivity contribution in [2.45, 2.75) is 32.6 Å². The molecule has 0 radical (unpaired) electrons. The lowest BCUT2D eigenvalue weighted by Gasteiger charge is -2.23. The van der Waals surface area contributed by atoms with Crippen molar-refractivity contribution in [3.8, 4) is 0 Å². The van der Waals surface area contributed by atoms with Crippen LogP contribution in [0.3, 0.4) is 0 Å². The Morgan fingerprint density at radius 3 is 2.88 bits per heavy atom. The third kappa shape index (κ3) is 2.43. The molecule has 0 saturated carbocycles. The van der Waals surface area contributed by atoms with Crippen molar-refractivity contribution in [2.24, 2.45) is 5.92 Å². The van der Waals surface area contributed by atoms with E-state index in [4.69, 9.17) is 0 Å². The average Bonchev–Trinajstić information content (AvgIpc) is 2.35. The number of carbonyl (C=O) groups excluding carboxylic acids is 1. The van der Waals surface area contributed by atoms with Gasteiger partial charge in [-0.3, -0.25) is 4.79 Å².